The molecule has 2 rings (SSSR count). The summed E-state index contributed by atoms with van der Waals surface area (Å²) in [5.41, 5.74) is -0.645. The van der Waals surface area contributed by atoms with Crippen molar-refractivity contribution in [1.82, 2.24) is 15.1 Å². The molecule has 2 amide bonds. The molecule has 102 valence electrons. The van der Waals surface area contributed by atoms with Crippen LogP contribution in [-0.2, 0) is 9.59 Å². The Balaban J connectivity index is 1.97. The number of carbonyl (C=O) groups is 2. The molecule has 5 heteroatoms. The van der Waals surface area contributed by atoms with E-state index in [1.165, 1.54) is 0 Å². The molecule has 18 heavy (non-hydrogen) atoms. The minimum atomic E-state index is -0.645. The van der Waals surface area contributed by atoms with Crippen LogP contribution in [0, 0.1) is 5.92 Å². The van der Waals surface area contributed by atoms with Crippen LogP contribution in [0.1, 0.15) is 26.2 Å². The summed E-state index contributed by atoms with van der Waals surface area (Å²) in [6, 6.07) is 0. The van der Waals surface area contributed by atoms with Gasteiger partial charge in [-0.3, -0.25) is 9.59 Å². The van der Waals surface area contributed by atoms with Crippen LogP contribution < -0.4 is 5.32 Å². The highest BCUT2D eigenvalue weighted by Gasteiger charge is 2.52. The summed E-state index contributed by atoms with van der Waals surface area (Å²) in [5, 5.41) is 2.89. The van der Waals surface area contributed by atoms with Crippen LogP contribution >= 0.6 is 0 Å². The Morgan fingerprint density at radius 2 is 2.06 bits per heavy atom. The number of hydrogen-bond acceptors (Lipinski definition) is 3. The average Bonchev–Trinajstić information content (AvgIpc) is 3.08. The fraction of sp³-hybridized carbons (Fsp3) is 0.846. The first-order valence-electron chi connectivity index (χ1n) is 6.68. The lowest BCUT2D eigenvalue weighted by atomic mass is 9.91. The first-order valence-corrected chi connectivity index (χ1v) is 6.68. The molecule has 1 heterocycles. The summed E-state index contributed by atoms with van der Waals surface area (Å²) in [4.78, 5) is 28.0. The van der Waals surface area contributed by atoms with Crippen molar-refractivity contribution in [2.45, 2.75) is 31.7 Å². The van der Waals surface area contributed by atoms with Gasteiger partial charge >= 0.3 is 0 Å². The summed E-state index contributed by atoms with van der Waals surface area (Å²) < 4.78 is 0. The SMILES string of the molecule is CN(C)CCCN1CC(=O)NC(C)(C2CC2)C1=O. The molecule has 0 aromatic rings. The topological polar surface area (TPSA) is 52.6 Å². The van der Waals surface area contributed by atoms with Gasteiger partial charge in [-0.05, 0) is 52.7 Å². The van der Waals surface area contributed by atoms with Crippen molar-refractivity contribution in [2.75, 3.05) is 33.7 Å². The molecule has 0 spiro atoms. The summed E-state index contributed by atoms with van der Waals surface area (Å²) in [6.07, 6.45) is 3.01. The molecule has 0 bridgehead atoms. The fourth-order valence-corrected chi connectivity index (χ4v) is 2.65. The van der Waals surface area contributed by atoms with E-state index in [0.717, 1.165) is 25.8 Å². The second-order valence-electron chi connectivity index (χ2n) is 5.91. The second kappa shape index (κ2) is 4.88. The summed E-state index contributed by atoms with van der Waals surface area (Å²) >= 11 is 0. The molecular weight excluding hydrogens is 230 g/mol. The molecule has 1 N–H and O–H groups in total. The van der Waals surface area contributed by atoms with E-state index in [1.54, 1.807) is 4.90 Å². The highest BCUT2D eigenvalue weighted by atomic mass is 16.2. The zero-order valence-electron chi connectivity index (χ0n) is 11.5. The van der Waals surface area contributed by atoms with Crippen LogP contribution in [0.2, 0.25) is 0 Å². The molecule has 1 aliphatic heterocycles. The average molecular weight is 253 g/mol. The molecule has 2 fully saturated rings. The molecule has 0 aromatic heterocycles. The summed E-state index contributed by atoms with van der Waals surface area (Å²) in [7, 11) is 4.03. The molecule has 1 aliphatic carbocycles. The molecule has 1 saturated heterocycles. The van der Waals surface area contributed by atoms with E-state index in [-0.39, 0.29) is 18.4 Å². The van der Waals surface area contributed by atoms with E-state index in [9.17, 15) is 9.59 Å². The van der Waals surface area contributed by atoms with Gasteiger partial charge in [0.15, 0.2) is 0 Å². The Bertz CT molecular complexity index is 352. The quantitative estimate of drug-likeness (QED) is 0.754. The zero-order chi connectivity index (χ0) is 13.3. The molecule has 1 unspecified atom stereocenters. The van der Waals surface area contributed by atoms with Crippen molar-refractivity contribution in [2.24, 2.45) is 5.92 Å². The summed E-state index contributed by atoms with van der Waals surface area (Å²) in [6.45, 7) is 3.70. The number of nitrogens with one attached hydrogen (secondary N) is 1. The highest BCUT2D eigenvalue weighted by Crippen LogP contribution is 2.41. The van der Waals surface area contributed by atoms with Gasteiger partial charge in [-0.15, -0.1) is 0 Å². The van der Waals surface area contributed by atoms with Crippen LogP contribution in [0.25, 0.3) is 0 Å². The van der Waals surface area contributed by atoms with Crippen molar-refractivity contribution < 1.29 is 9.59 Å². The van der Waals surface area contributed by atoms with Gasteiger partial charge in [0.05, 0.1) is 6.54 Å². The van der Waals surface area contributed by atoms with Gasteiger partial charge in [-0.2, -0.15) is 0 Å². The van der Waals surface area contributed by atoms with Gasteiger partial charge in [0.25, 0.3) is 0 Å². The van der Waals surface area contributed by atoms with E-state index >= 15 is 0 Å². The molecule has 1 atom stereocenters. The Kier molecular flexibility index (Phi) is 3.61. The van der Waals surface area contributed by atoms with E-state index < -0.39 is 5.54 Å². The van der Waals surface area contributed by atoms with E-state index in [2.05, 4.69) is 10.2 Å². The van der Waals surface area contributed by atoms with Gasteiger partial charge < -0.3 is 15.1 Å². The minimum Gasteiger partial charge on any atom is -0.340 e. The number of rotatable bonds is 5. The first kappa shape index (κ1) is 13.3. The lowest BCUT2D eigenvalue weighted by Crippen LogP contribution is -2.66. The Morgan fingerprint density at radius 1 is 1.39 bits per heavy atom. The van der Waals surface area contributed by atoms with Crippen molar-refractivity contribution in [3.05, 3.63) is 0 Å². The van der Waals surface area contributed by atoms with Crippen molar-refractivity contribution >= 4 is 11.8 Å². The van der Waals surface area contributed by atoms with E-state index in [4.69, 9.17) is 0 Å². The standard InChI is InChI=1S/C13H23N3O2/c1-13(10-5-6-10)12(18)16(9-11(17)14-13)8-4-7-15(2)3/h10H,4-9H2,1-3H3,(H,14,17). The maximum Gasteiger partial charge on any atom is 0.248 e. The molecule has 2 aliphatic rings. The van der Waals surface area contributed by atoms with Crippen LogP contribution in [0.4, 0.5) is 0 Å². The maximum atomic E-state index is 12.4. The van der Waals surface area contributed by atoms with Crippen LogP contribution in [-0.4, -0.2) is 60.9 Å². The maximum absolute atomic E-state index is 12.4. The van der Waals surface area contributed by atoms with Gasteiger partial charge in [-0.1, -0.05) is 0 Å². The predicted molar refractivity (Wildman–Crippen MR) is 69.0 cm³/mol. The molecule has 5 nitrogen and oxygen atoms in total. The predicted octanol–water partition coefficient (Wildman–Crippen LogP) is 0.0652. The third-order valence-corrected chi connectivity index (χ3v) is 3.89. The molecule has 0 radical (unpaired) electrons. The Hall–Kier alpha value is -1.10. The number of piperazine rings is 1. The first-order chi connectivity index (χ1) is 8.43. The number of carbonyl (C=O) groups excluding carboxylic acids is 2. The monoisotopic (exact) mass is 253 g/mol. The number of nitrogens with zero attached hydrogens (tertiary/aromatic N) is 2. The third-order valence-electron chi connectivity index (χ3n) is 3.89. The van der Waals surface area contributed by atoms with Crippen LogP contribution in [0.5, 0.6) is 0 Å². The molecule has 1 saturated carbocycles. The number of amides is 2. The fourth-order valence-electron chi connectivity index (χ4n) is 2.65. The second-order valence-corrected chi connectivity index (χ2v) is 5.91. The number of hydrogen-bond donors (Lipinski definition) is 1. The Morgan fingerprint density at radius 3 is 2.61 bits per heavy atom. The van der Waals surface area contributed by atoms with Crippen LogP contribution in [0.3, 0.4) is 0 Å². The van der Waals surface area contributed by atoms with Gasteiger partial charge in [0.2, 0.25) is 11.8 Å². The lowest BCUT2D eigenvalue weighted by Gasteiger charge is -2.40. The smallest absolute Gasteiger partial charge is 0.248 e. The van der Waals surface area contributed by atoms with Crippen LogP contribution in [0.15, 0.2) is 0 Å². The molecular formula is C13H23N3O2. The van der Waals surface area contributed by atoms with Gasteiger partial charge in [0.1, 0.15) is 5.54 Å². The van der Waals surface area contributed by atoms with Crippen molar-refractivity contribution in [3.63, 3.8) is 0 Å². The van der Waals surface area contributed by atoms with Crippen molar-refractivity contribution in [3.8, 4) is 0 Å². The van der Waals surface area contributed by atoms with Crippen molar-refractivity contribution in [1.29, 1.82) is 0 Å². The normalized spacial score (nSPS) is 28.8. The highest BCUT2D eigenvalue weighted by molar-refractivity contribution is 5.98. The lowest BCUT2D eigenvalue weighted by molar-refractivity contribution is -0.150. The zero-order valence-corrected chi connectivity index (χ0v) is 11.5. The van der Waals surface area contributed by atoms with E-state index in [1.807, 2.05) is 21.0 Å². The van der Waals surface area contributed by atoms with E-state index in [0.29, 0.717) is 12.5 Å². The minimum absolute atomic E-state index is 0.0196. The van der Waals surface area contributed by atoms with Gasteiger partial charge in [-0.25, -0.2) is 0 Å². The summed E-state index contributed by atoms with van der Waals surface area (Å²) in [5.74, 6) is 0.419. The largest absolute Gasteiger partial charge is 0.340 e. The van der Waals surface area contributed by atoms with Gasteiger partial charge in [0, 0.05) is 6.54 Å². The Labute approximate surface area is 108 Å². The molecule has 0 aromatic carbocycles. The third kappa shape index (κ3) is 2.66.